The third-order valence-electron chi connectivity index (χ3n) is 4.64. The highest BCUT2D eigenvalue weighted by Crippen LogP contribution is 2.55. The van der Waals surface area contributed by atoms with Crippen molar-refractivity contribution in [2.24, 2.45) is 0 Å². The van der Waals surface area contributed by atoms with E-state index in [0.29, 0.717) is 17.7 Å². The van der Waals surface area contributed by atoms with Gasteiger partial charge in [0.1, 0.15) is 0 Å². The summed E-state index contributed by atoms with van der Waals surface area (Å²) >= 11 is 4.85. The molecular weight excluding hydrogens is 350 g/mol. The molecule has 0 bridgehead atoms. The molecule has 0 unspecified atom stereocenters. The van der Waals surface area contributed by atoms with E-state index < -0.39 is 30.1 Å². The molecule has 0 atom stereocenters. The number of rotatable bonds is 3. The summed E-state index contributed by atoms with van der Waals surface area (Å²) in [5.74, 6) is -3.48. The number of carbonyl (C=O) groups is 2. The van der Waals surface area contributed by atoms with Gasteiger partial charge in [-0.2, -0.15) is 0 Å². The summed E-state index contributed by atoms with van der Waals surface area (Å²) in [6.45, 7) is 0.434. The molecule has 1 fully saturated rings. The van der Waals surface area contributed by atoms with Crippen LogP contribution in [0.3, 0.4) is 0 Å². The maximum atomic E-state index is 13.6. The molecule has 1 saturated carbocycles. The summed E-state index contributed by atoms with van der Waals surface area (Å²) in [7, 11) is 1.59. The fraction of sp³-hybridized carbons (Fsp3) is 0.438. The van der Waals surface area contributed by atoms with Crippen LogP contribution in [0.5, 0.6) is 0 Å². The molecule has 25 heavy (non-hydrogen) atoms. The number of benzene rings is 1. The van der Waals surface area contributed by atoms with E-state index in [1.807, 2.05) is 0 Å². The van der Waals surface area contributed by atoms with E-state index in [9.17, 15) is 18.4 Å². The molecule has 0 spiro atoms. The highest BCUT2D eigenvalue weighted by molar-refractivity contribution is 7.80. The van der Waals surface area contributed by atoms with Crippen LogP contribution in [-0.2, 0) is 16.8 Å². The van der Waals surface area contributed by atoms with Crippen molar-refractivity contribution in [3.63, 3.8) is 0 Å². The van der Waals surface area contributed by atoms with Crippen LogP contribution >= 0.6 is 12.2 Å². The lowest BCUT2D eigenvalue weighted by Gasteiger charge is -2.47. The quantitative estimate of drug-likeness (QED) is 0.475. The molecular formula is C16H18F2N4O2S. The molecule has 4 N–H and O–H groups in total. The minimum absolute atomic E-state index is 0.123. The Labute approximate surface area is 148 Å². The zero-order valence-corrected chi connectivity index (χ0v) is 14.4. The molecule has 1 aliphatic heterocycles. The summed E-state index contributed by atoms with van der Waals surface area (Å²) in [6.07, 6.45) is -0.975. The van der Waals surface area contributed by atoms with Gasteiger partial charge in [0, 0.05) is 43.8 Å². The normalized spacial score (nSPS) is 19.2. The van der Waals surface area contributed by atoms with Crippen molar-refractivity contribution in [3.05, 3.63) is 34.9 Å². The first-order valence-corrected chi connectivity index (χ1v) is 8.22. The lowest BCUT2D eigenvalue weighted by Crippen LogP contribution is -2.54. The number of hydrogen-bond donors (Lipinski definition) is 4. The second kappa shape index (κ2) is 6.21. The molecule has 0 radical (unpaired) electrons. The average molecular weight is 368 g/mol. The Hall–Kier alpha value is -2.29. The van der Waals surface area contributed by atoms with E-state index in [2.05, 4.69) is 21.5 Å². The first-order valence-electron chi connectivity index (χ1n) is 7.81. The predicted molar refractivity (Wildman–Crippen MR) is 91.0 cm³/mol. The van der Waals surface area contributed by atoms with Crippen LogP contribution < -0.4 is 21.5 Å². The molecule has 2 aliphatic rings. The van der Waals surface area contributed by atoms with Gasteiger partial charge in [-0.05, 0) is 29.4 Å². The van der Waals surface area contributed by atoms with Crippen LogP contribution in [0.4, 0.5) is 8.78 Å². The molecule has 134 valence electrons. The van der Waals surface area contributed by atoms with Crippen molar-refractivity contribution in [3.8, 4) is 0 Å². The second-order valence-electron chi connectivity index (χ2n) is 6.47. The maximum Gasteiger partial charge on any atom is 0.251 e. The summed E-state index contributed by atoms with van der Waals surface area (Å²) < 4.78 is 27.3. The molecule has 0 aromatic heterocycles. The molecule has 3 rings (SSSR count). The van der Waals surface area contributed by atoms with E-state index in [1.54, 1.807) is 25.2 Å². The molecule has 1 aromatic rings. The lowest BCUT2D eigenvalue weighted by atomic mass is 9.60. The van der Waals surface area contributed by atoms with Gasteiger partial charge in [-0.25, -0.2) is 8.78 Å². The van der Waals surface area contributed by atoms with Gasteiger partial charge >= 0.3 is 0 Å². The number of halogens is 2. The van der Waals surface area contributed by atoms with Crippen LogP contribution in [0.1, 0.15) is 40.7 Å². The number of amides is 2. The summed E-state index contributed by atoms with van der Waals surface area (Å²) in [6, 6.07) is 5.12. The van der Waals surface area contributed by atoms with Crippen LogP contribution in [0.25, 0.3) is 0 Å². The summed E-state index contributed by atoms with van der Waals surface area (Å²) in [5, 5.41) is 5.55. The topological polar surface area (TPSA) is 82.3 Å². The number of alkyl halides is 2. The largest absolute Gasteiger partial charge is 0.364 e. The average Bonchev–Trinajstić information content (AvgIpc) is 2.91. The van der Waals surface area contributed by atoms with Crippen LogP contribution in [0, 0.1) is 0 Å². The van der Waals surface area contributed by atoms with Crippen molar-refractivity contribution < 1.29 is 18.4 Å². The number of fused-ring (bicyclic) bond motifs is 1. The molecule has 9 heteroatoms. The number of thiocarbonyl (C=S) groups is 1. The number of nitrogens with one attached hydrogen (secondary N) is 4. The van der Waals surface area contributed by atoms with E-state index in [0.717, 1.165) is 5.56 Å². The first kappa shape index (κ1) is 17.5. The maximum absolute atomic E-state index is 13.6. The monoisotopic (exact) mass is 368 g/mol. The zero-order valence-electron chi connectivity index (χ0n) is 13.5. The fourth-order valence-electron chi connectivity index (χ4n) is 3.45. The van der Waals surface area contributed by atoms with Gasteiger partial charge in [0.15, 0.2) is 5.11 Å². The summed E-state index contributed by atoms with van der Waals surface area (Å²) in [4.78, 5) is 24.0. The van der Waals surface area contributed by atoms with E-state index >= 15 is 0 Å². The SMILES string of the molecule is CNC(=S)NNC(=O)CC1(c2ccc3c(c2)C(=O)NC3)CC(F)(F)C1. The second-order valence-corrected chi connectivity index (χ2v) is 6.88. The Balaban J connectivity index is 1.80. The van der Waals surface area contributed by atoms with Gasteiger partial charge in [-0.1, -0.05) is 12.1 Å². The van der Waals surface area contributed by atoms with Gasteiger partial charge in [-0.15, -0.1) is 0 Å². The van der Waals surface area contributed by atoms with Crippen LogP contribution in [0.2, 0.25) is 0 Å². The minimum atomic E-state index is -2.81. The lowest BCUT2D eigenvalue weighted by molar-refractivity contribution is -0.142. The highest BCUT2D eigenvalue weighted by atomic mass is 32.1. The van der Waals surface area contributed by atoms with E-state index in [1.165, 1.54) is 0 Å². The summed E-state index contributed by atoms with van der Waals surface area (Å²) in [5.41, 5.74) is 5.81. The molecule has 2 amide bonds. The van der Waals surface area contributed by atoms with Crippen LogP contribution in [-0.4, -0.2) is 29.9 Å². The van der Waals surface area contributed by atoms with Gasteiger partial charge in [0.25, 0.3) is 5.91 Å². The highest BCUT2D eigenvalue weighted by Gasteiger charge is 2.58. The Morgan fingerprint density at radius 3 is 2.68 bits per heavy atom. The van der Waals surface area contributed by atoms with Gasteiger partial charge in [0.2, 0.25) is 11.8 Å². The number of carbonyl (C=O) groups excluding carboxylic acids is 2. The predicted octanol–water partition coefficient (Wildman–Crippen LogP) is 1.11. The minimum Gasteiger partial charge on any atom is -0.364 e. The van der Waals surface area contributed by atoms with E-state index in [-0.39, 0.29) is 17.4 Å². The van der Waals surface area contributed by atoms with Crippen molar-refractivity contribution >= 4 is 29.1 Å². The van der Waals surface area contributed by atoms with Crippen molar-refractivity contribution in [2.45, 2.75) is 37.1 Å². The van der Waals surface area contributed by atoms with Crippen molar-refractivity contribution in [1.82, 2.24) is 21.5 Å². The Morgan fingerprint density at radius 1 is 1.32 bits per heavy atom. The molecule has 1 aliphatic carbocycles. The third-order valence-corrected chi connectivity index (χ3v) is 4.95. The van der Waals surface area contributed by atoms with Gasteiger partial charge in [-0.3, -0.25) is 20.4 Å². The Morgan fingerprint density at radius 2 is 2.04 bits per heavy atom. The molecule has 1 aromatic carbocycles. The van der Waals surface area contributed by atoms with Crippen molar-refractivity contribution in [2.75, 3.05) is 7.05 Å². The van der Waals surface area contributed by atoms with Gasteiger partial charge < -0.3 is 10.6 Å². The third kappa shape index (κ3) is 3.41. The molecule has 0 saturated heterocycles. The zero-order chi connectivity index (χ0) is 18.2. The van der Waals surface area contributed by atoms with Crippen molar-refractivity contribution in [1.29, 1.82) is 0 Å². The smallest absolute Gasteiger partial charge is 0.251 e. The van der Waals surface area contributed by atoms with Gasteiger partial charge in [0.05, 0.1) is 0 Å². The van der Waals surface area contributed by atoms with Crippen LogP contribution in [0.15, 0.2) is 18.2 Å². The number of hydrazine groups is 1. The molecule has 1 heterocycles. The molecule has 6 nitrogen and oxygen atoms in total. The van der Waals surface area contributed by atoms with E-state index in [4.69, 9.17) is 12.2 Å². The standard InChI is InChI=1S/C16H18F2N4O2S/c1-19-14(25)22-21-12(23)5-15(7-16(17,18)8-15)10-3-2-9-6-20-13(24)11(9)4-10/h2-4H,5-8H2,1H3,(H,20,24)(H,21,23)(H2,19,22,25). The number of hydrogen-bond acceptors (Lipinski definition) is 3. The fourth-order valence-corrected chi connectivity index (χ4v) is 3.50. The Bertz CT molecular complexity index is 746. The Kier molecular flexibility index (Phi) is 4.36. The first-order chi connectivity index (χ1) is 11.7.